The first kappa shape index (κ1) is 18.3. The Morgan fingerprint density at radius 1 is 0.455 bits per heavy atom. The van der Waals surface area contributed by atoms with Crippen molar-refractivity contribution in [2.75, 3.05) is 0 Å². The fourth-order valence-corrected chi connectivity index (χ4v) is 5.41. The van der Waals surface area contributed by atoms with Gasteiger partial charge in [0, 0.05) is 39.7 Å². The number of aryl methyl sites for hydroxylation is 1. The van der Waals surface area contributed by atoms with Crippen molar-refractivity contribution in [2.24, 2.45) is 7.05 Å². The van der Waals surface area contributed by atoms with E-state index in [0.29, 0.717) is 0 Å². The second-order valence-electron chi connectivity index (χ2n) is 8.70. The predicted octanol–water partition coefficient (Wildman–Crippen LogP) is 8.10. The van der Waals surface area contributed by atoms with Crippen LogP contribution in [0.3, 0.4) is 0 Å². The molecule has 0 aliphatic carbocycles. The van der Waals surface area contributed by atoms with Gasteiger partial charge in [0.2, 0.25) is 0 Å². The number of para-hydroxylation sites is 3. The van der Waals surface area contributed by atoms with Crippen LogP contribution in [0.25, 0.3) is 60.4 Å². The van der Waals surface area contributed by atoms with Crippen molar-refractivity contribution in [1.82, 2.24) is 9.13 Å². The van der Waals surface area contributed by atoms with Crippen molar-refractivity contribution in [3.8, 4) is 16.8 Å². The highest BCUT2D eigenvalue weighted by Gasteiger charge is 2.18. The molecule has 2 nitrogen and oxygen atoms in total. The Labute approximate surface area is 191 Å². The van der Waals surface area contributed by atoms with Gasteiger partial charge in [-0.1, -0.05) is 84.9 Å². The minimum absolute atomic E-state index is 1.20. The summed E-state index contributed by atoms with van der Waals surface area (Å²) in [6.45, 7) is 0. The highest BCUT2D eigenvalue weighted by atomic mass is 15.0. The van der Waals surface area contributed by atoms with Gasteiger partial charge in [0.15, 0.2) is 0 Å². The molecular weight excluding hydrogens is 400 g/mol. The minimum Gasteiger partial charge on any atom is -0.344 e. The van der Waals surface area contributed by atoms with Crippen molar-refractivity contribution in [3.05, 3.63) is 115 Å². The molecule has 0 saturated heterocycles. The van der Waals surface area contributed by atoms with Crippen LogP contribution in [0.5, 0.6) is 0 Å². The van der Waals surface area contributed by atoms with Crippen molar-refractivity contribution in [1.29, 1.82) is 0 Å². The Balaban J connectivity index is 1.66. The first-order valence-corrected chi connectivity index (χ1v) is 11.4. The third-order valence-corrected chi connectivity index (χ3v) is 6.94. The zero-order chi connectivity index (χ0) is 21.9. The maximum absolute atomic E-state index is 2.43. The fourth-order valence-electron chi connectivity index (χ4n) is 5.41. The van der Waals surface area contributed by atoms with Crippen LogP contribution in [0, 0.1) is 0 Å². The van der Waals surface area contributed by atoms with Crippen molar-refractivity contribution >= 4 is 43.6 Å². The van der Waals surface area contributed by atoms with Gasteiger partial charge in [0.05, 0.1) is 22.2 Å². The van der Waals surface area contributed by atoms with Gasteiger partial charge in [-0.2, -0.15) is 0 Å². The first-order valence-electron chi connectivity index (χ1n) is 11.4. The molecule has 0 aliphatic rings. The summed E-state index contributed by atoms with van der Waals surface area (Å²) in [4.78, 5) is 0. The molecule has 0 unspecified atom stereocenters. The molecule has 0 atom stereocenters. The zero-order valence-electron chi connectivity index (χ0n) is 18.4. The zero-order valence-corrected chi connectivity index (χ0v) is 18.4. The molecule has 0 N–H and O–H groups in total. The van der Waals surface area contributed by atoms with Crippen molar-refractivity contribution < 1.29 is 0 Å². The number of aromatic nitrogens is 2. The Kier molecular flexibility index (Phi) is 3.80. The Morgan fingerprint density at radius 2 is 1.06 bits per heavy atom. The lowest BCUT2D eigenvalue weighted by molar-refractivity contribution is 1.01. The molecule has 2 aromatic heterocycles. The number of fused-ring (bicyclic) bond motifs is 6. The van der Waals surface area contributed by atoms with E-state index in [1.54, 1.807) is 0 Å². The molecule has 0 spiro atoms. The summed E-state index contributed by atoms with van der Waals surface area (Å²) in [5.41, 5.74) is 8.65. The molecular formula is C31H22N2. The van der Waals surface area contributed by atoms with Gasteiger partial charge in [-0.15, -0.1) is 0 Å². The quantitative estimate of drug-likeness (QED) is 0.266. The van der Waals surface area contributed by atoms with Crippen molar-refractivity contribution in [2.45, 2.75) is 0 Å². The predicted molar refractivity (Wildman–Crippen MR) is 140 cm³/mol. The third-order valence-electron chi connectivity index (χ3n) is 6.94. The van der Waals surface area contributed by atoms with Crippen molar-refractivity contribution in [3.63, 3.8) is 0 Å². The van der Waals surface area contributed by atoms with Gasteiger partial charge in [-0.25, -0.2) is 0 Å². The molecule has 156 valence electrons. The van der Waals surface area contributed by atoms with Crippen LogP contribution < -0.4 is 0 Å². The maximum Gasteiger partial charge on any atom is 0.0562 e. The number of rotatable bonds is 2. The van der Waals surface area contributed by atoms with E-state index in [2.05, 4.69) is 131 Å². The molecule has 0 saturated carbocycles. The smallest absolute Gasteiger partial charge is 0.0562 e. The van der Waals surface area contributed by atoms with Gasteiger partial charge in [0.1, 0.15) is 0 Å². The van der Waals surface area contributed by atoms with E-state index in [1.165, 1.54) is 60.4 Å². The summed E-state index contributed by atoms with van der Waals surface area (Å²) in [7, 11) is 2.17. The molecule has 0 bridgehead atoms. The second-order valence-corrected chi connectivity index (χ2v) is 8.70. The van der Waals surface area contributed by atoms with E-state index in [9.17, 15) is 0 Å². The van der Waals surface area contributed by atoms with E-state index in [4.69, 9.17) is 0 Å². The van der Waals surface area contributed by atoms with Crippen LogP contribution in [0.15, 0.2) is 115 Å². The Morgan fingerprint density at radius 3 is 1.88 bits per heavy atom. The standard InChI is InChI=1S/C31H22N2/c1-32-27-16-8-6-14-23(27)25-19-26-24-15-7-10-18-29(24)33(31(26)20-30(25)32)28-17-9-5-13-22(28)21-11-3-2-4-12-21/h2-20H,1H3. The molecule has 0 aliphatic heterocycles. The number of benzene rings is 5. The summed E-state index contributed by atoms with van der Waals surface area (Å²) >= 11 is 0. The molecule has 7 aromatic rings. The highest BCUT2D eigenvalue weighted by Crippen LogP contribution is 2.39. The van der Waals surface area contributed by atoms with Gasteiger partial charge in [0.25, 0.3) is 0 Å². The van der Waals surface area contributed by atoms with E-state index < -0.39 is 0 Å². The van der Waals surface area contributed by atoms with E-state index in [1.807, 2.05) is 0 Å². The van der Waals surface area contributed by atoms with E-state index in [0.717, 1.165) is 0 Å². The number of hydrogen-bond acceptors (Lipinski definition) is 0. The Bertz CT molecular complexity index is 1820. The largest absolute Gasteiger partial charge is 0.344 e. The van der Waals surface area contributed by atoms with Gasteiger partial charge < -0.3 is 9.13 Å². The lowest BCUT2D eigenvalue weighted by atomic mass is 10.0. The lowest BCUT2D eigenvalue weighted by Crippen LogP contribution is -1.97. The summed E-state index contributed by atoms with van der Waals surface area (Å²) in [6.07, 6.45) is 0. The molecule has 2 heterocycles. The molecule has 2 heteroatoms. The molecule has 7 rings (SSSR count). The summed E-state index contributed by atoms with van der Waals surface area (Å²) in [6, 6.07) is 41.6. The topological polar surface area (TPSA) is 9.86 Å². The second kappa shape index (κ2) is 6.85. The maximum atomic E-state index is 2.43. The van der Waals surface area contributed by atoms with Crippen LogP contribution in [0.4, 0.5) is 0 Å². The highest BCUT2D eigenvalue weighted by molar-refractivity contribution is 6.18. The fraction of sp³-hybridized carbons (Fsp3) is 0.0323. The van der Waals surface area contributed by atoms with Gasteiger partial charge >= 0.3 is 0 Å². The lowest BCUT2D eigenvalue weighted by Gasteiger charge is -2.14. The monoisotopic (exact) mass is 422 g/mol. The molecule has 5 aromatic carbocycles. The molecule has 0 amide bonds. The van der Waals surface area contributed by atoms with E-state index in [-0.39, 0.29) is 0 Å². The molecule has 0 fully saturated rings. The molecule has 33 heavy (non-hydrogen) atoms. The van der Waals surface area contributed by atoms with Crippen LogP contribution >= 0.6 is 0 Å². The van der Waals surface area contributed by atoms with Crippen LogP contribution in [0.2, 0.25) is 0 Å². The van der Waals surface area contributed by atoms with Crippen LogP contribution in [-0.4, -0.2) is 9.13 Å². The third kappa shape index (κ3) is 2.55. The summed E-state index contributed by atoms with van der Waals surface area (Å²) in [5.74, 6) is 0. The number of hydrogen-bond donors (Lipinski definition) is 0. The Hall–Kier alpha value is -4.30. The number of nitrogens with zero attached hydrogens (tertiary/aromatic N) is 2. The summed E-state index contributed by atoms with van der Waals surface area (Å²) in [5, 5.41) is 5.18. The van der Waals surface area contributed by atoms with Gasteiger partial charge in [-0.3, -0.25) is 0 Å². The average Bonchev–Trinajstić information content (AvgIpc) is 3.35. The van der Waals surface area contributed by atoms with Gasteiger partial charge in [-0.05, 0) is 35.9 Å². The normalized spacial score (nSPS) is 11.8. The average molecular weight is 423 g/mol. The van der Waals surface area contributed by atoms with Crippen LogP contribution in [-0.2, 0) is 7.05 Å². The van der Waals surface area contributed by atoms with E-state index >= 15 is 0 Å². The van der Waals surface area contributed by atoms with Crippen LogP contribution in [0.1, 0.15) is 0 Å². The summed E-state index contributed by atoms with van der Waals surface area (Å²) < 4.78 is 4.75. The molecule has 0 radical (unpaired) electrons. The SMILES string of the molecule is Cn1c2ccccc2c2cc3c4ccccc4n(-c4ccccc4-c4ccccc4)c3cc21. The first-order chi connectivity index (χ1) is 16.3. The minimum atomic E-state index is 1.20.